The first-order chi connectivity index (χ1) is 9.09. The molecule has 1 aromatic rings. The van der Waals surface area contributed by atoms with E-state index in [-0.39, 0.29) is 0 Å². The zero-order valence-electron chi connectivity index (χ0n) is 11.9. The molecule has 0 spiro atoms. The van der Waals surface area contributed by atoms with Crippen LogP contribution >= 0.6 is 0 Å². The third-order valence-electron chi connectivity index (χ3n) is 4.40. The van der Waals surface area contributed by atoms with E-state index in [0.29, 0.717) is 13.0 Å². The van der Waals surface area contributed by atoms with E-state index in [2.05, 4.69) is 36.1 Å². The summed E-state index contributed by atoms with van der Waals surface area (Å²) in [7, 11) is 0. The lowest BCUT2D eigenvalue weighted by Crippen LogP contribution is -2.33. The number of nitrogens with zero attached hydrogens (tertiary/aromatic N) is 1. The number of aryl methyl sites for hydroxylation is 1. The molecule has 1 aromatic carbocycles. The lowest BCUT2D eigenvalue weighted by atomic mass is 9.84. The number of hydrogen-bond donors (Lipinski definition) is 1. The van der Waals surface area contributed by atoms with Gasteiger partial charge in [-0.25, -0.2) is 0 Å². The molecule has 2 rings (SSSR count). The summed E-state index contributed by atoms with van der Waals surface area (Å²) in [4.78, 5) is 13.7. The average Bonchev–Trinajstić information content (AvgIpc) is 2.84. The average molecular weight is 261 g/mol. The van der Waals surface area contributed by atoms with E-state index in [1.807, 2.05) is 6.92 Å². The van der Waals surface area contributed by atoms with Crippen molar-refractivity contribution >= 4 is 5.97 Å². The van der Waals surface area contributed by atoms with Crippen LogP contribution in [-0.4, -0.2) is 29.1 Å². The van der Waals surface area contributed by atoms with E-state index in [9.17, 15) is 9.90 Å². The standard InChI is InChI=1S/C16H23NO2/c1-3-13-5-7-14(8-6-13)11-17-10-9-16(4-2,12-17)15(18)19/h5-8H,3-4,9-12H2,1-2H3,(H,18,19). The van der Waals surface area contributed by atoms with Crippen LogP contribution in [0.2, 0.25) is 0 Å². The van der Waals surface area contributed by atoms with Crippen LogP contribution in [0, 0.1) is 5.41 Å². The summed E-state index contributed by atoms with van der Waals surface area (Å²) in [6, 6.07) is 8.64. The minimum absolute atomic E-state index is 0.524. The molecule has 0 bridgehead atoms. The summed E-state index contributed by atoms with van der Waals surface area (Å²) in [5, 5.41) is 9.39. The van der Waals surface area contributed by atoms with Gasteiger partial charge in [0.2, 0.25) is 0 Å². The first-order valence-electron chi connectivity index (χ1n) is 7.13. The number of aliphatic carboxylic acids is 1. The molecular weight excluding hydrogens is 238 g/mol. The van der Waals surface area contributed by atoms with Crippen LogP contribution in [0.3, 0.4) is 0 Å². The molecule has 1 unspecified atom stereocenters. The number of rotatable bonds is 5. The van der Waals surface area contributed by atoms with Crippen LogP contribution in [0.15, 0.2) is 24.3 Å². The van der Waals surface area contributed by atoms with Gasteiger partial charge in [-0.15, -0.1) is 0 Å². The molecule has 0 radical (unpaired) electrons. The van der Waals surface area contributed by atoms with Gasteiger partial charge < -0.3 is 5.11 Å². The van der Waals surface area contributed by atoms with Crippen molar-refractivity contribution in [2.24, 2.45) is 5.41 Å². The smallest absolute Gasteiger partial charge is 0.310 e. The summed E-state index contributed by atoms with van der Waals surface area (Å²) in [5.41, 5.74) is 2.09. The summed E-state index contributed by atoms with van der Waals surface area (Å²) < 4.78 is 0. The molecule has 3 heteroatoms. The Morgan fingerprint density at radius 2 is 1.89 bits per heavy atom. The Labute approximate surface area is 115 Å². The maximum Gasteiger partial charge on any atom is 0.310 e. The van der Waals surface area contributed by atoms with Crippen LogP contribution in [0.1, 0.15) is 37.8 Å². The monoisotopic (exact) mass is 261 g/mol. The molecule has 104 valence electrons. The number of carbonyl (C=O) groups is 1. The Kier molecular flexibility index (Phi) is 4.25. The van der Waals surface area contributed by atoms with Crippen LogP contribution in [0.4, 0.5) is 0 Å². The van der Waals surface area contributed by atoms with Crippen LogP contribution in [0.25, 0.3) is 0 Å². The second kappa shape index (κ2) is 5.74. The van der Waals surface area contributed by atoms with E-state index in [4.69, 9.17) is 0 Å². The van der Waals surface area contributed by atoms with E-state index in [0.717, 1.165) is 25.9 Å². The van der Waals surface area contributed by atoms with Gasteiger partial charge in [-0.1, -0.05) is 38.1 Å². The predicted molar refractivity (Wildman–Crippen MR) is 76.1 cm³/mol. The lowest BCUT2D eigenvalue weighted by Gasteiger charge is -2.23. The third kappa shape index (κ3) is 2.98. The molecule has 0 saturated carbocycles. The molecule has 1 atom stereocenters. The molecule has 0 aliphatic carbocycles. The van der Waals surface area contributed by atoms with Gasteiger partial charge in [0.1, 0.15) is 0 Å². The summed E-state index contributed by atoms with van der Waals surface area (Å²) in [6.07, 6.45) is 2.54. The maximum atomic E-state index is 11.4. The quantitative estimate of drug-likeness (QED) is 0.886. The fourth-order valence-corrected chi connectivity index (χ4v) is 2.85. The Hall–Kier alpha value is -1.35. The number of carboxylic acid groups (broad SMARTS) is 1. The second-order valence-electron chi connectivity index (χ2n) is 5.57. The van der Waals surface area contributed by atoms with Crippen LogP contribution < -0.4 is 0 Å². The van der Waals surface area contributed by atoms with Gasteiger partial charge in [-0.05, 0) is 36.9 Å². The molecule has 1 N–H and O–H groups in total. The minimum Gasteiger partial charge on any atom is -0.481 e. The zero-order chi connectivity index (χ0) is 13.9. The maximum absolute atomic E-state index is 11.4. The molecule has 0 aromatic heterocycles. The zero-order valence-corrected chi connectivity index (χ0v) is 11.9. The highest BCUT2D eigenvalue weighted by atomic mass is 16.4. The first kappa shape index (κ1) is 14.1. The molecule has 19 heavy (non-hydrogen) atoms. The number of benzene rings is 1. The van der Waals surface area contributed by atoms with E-state index < -0.39 is 11.4 Å². The summed E-state index contributed by atoms with van der Waals surface area (Å²) in [6.45, 7) is 6.55. The Morgan fingerprint density at radius 3 is 2.37 bits per heavy atom. The molecule has 1 aliphatic rings. The summed E-state index contributed by atoms with van der Waals surface area (Å²) in [5.74, 6) is -0.640. The molecule has 3 nitrogen and oxygen atoms in total. The van der Waals surface area contributed by atoms with E-state index in [1.54, 1.807) is 0 Å². The van der Waals surface area contributed by atoms with Crippen molar-refractivity contribution in [2.75, 3.05) is 13.1 Å². The topological polar surface area (TPSA) is 40.5 Å². The van der Waals surface area contributed by atoms with Gasteiger partial charge in [0.15, 0.2) is 0 Å². The fourth-order valence-electron chi connectivity index (χ4n) is 2.85. The SMILES string of the molecule is CCc1ccc(CN2CCC(CC)(C(=O)O)C2)cc1. The van der Waals surface area contributed by atoms with E-state index >= 15 is 0 Å². The number of hydrogen-bond acceptors (Lipinski definition) is 2. The van der Waals surface area contributed by atoms with Gasteiger partial charge in [0.05, 0.1) is 5.41 Å². The third-order valence-corrected chi connectivity index (χ3v) is 4.40. The van der Waals surface area contributed by atoms with Gasteiger partial charge >= 0.3 is 5.97 Å². The fraction of sp³-hybridized carbons (Fsp3) is 0.562. The molecule has 1 aliphatic heterocycles. The second-order valence-corrected chi connectivity index (χ2v) is 5.57. The van der Waals surface area contributed by atoms with Crippen molar-refractivity contribution in [3.8, 4) is 0 Å². The first-order valence-corrected chi connectivity index (χ1v) is 7.13. The minimum atomic E-state index is -0.640. The number of carboxylic acids is 1. The molecule has 1 fully saturated rings. The van der Waals surface area contributed by atoms with Crippen molar-refractivity contribution in [3.05, 3.63) is 35.4 Å². The van der Waals surface area contributed by atoms with Crippen molar-refractivity contribution in [1.82, 2.24) is 4.90 Å². The van der Waals surface area contributed by atoms with Gasteiger partial charge in [-0.3, -0.25) is 9.69 Å². The van der Waals surface area contributed by atoms with Crippen molar-refractivity contribution in [3.63, 3.8) is 0 Å². The Bertz CT molecular complexity index is 441. The molecular formula is C16H23NO2. The highest BCUT2D eigenvalue weighted by molar-refractivity contribution is 5.75. The lowest BCUT2D eigenvalue weighted by molar-refractivity contribution is -0.148. The summed E-state index contributed by atoms with van der Waals surface area (Å²) >= 11 is 0. The highest BCUT2D eigenvalue weighted by Gasteiger charge is 2.42. The van der Waals surface area contributed by atoms with Crippen molar-refractivity contribution in [1.29, 1.82) is 0 Å². The van der Waals surface area contributed by atoms with Crippen LogP contribution in [0.5, 0.6) is 0 Å². The largest absolute Gasteiger partial charge is 0.481 e. The molecule has 0 amide bonds. The Balaban J connectivity index is 1.99. The van der Waals surface area contributed by atoms with Crippen LogP contribution in [-0.2, 0) is 17.8 Å². The highest BCUT2D eigenvalue weighted by Crippen LogP contribution is 2.34. The van der Waals surface area contributed by atoms with Crippen molar-refractivity contribution < 1.29 is 9.90 Å². The molecule has 1 saturated heterocycles. The van der Waals surface area contributed by atoms with E-state index in [1.165, 1.54) is 11.1 Å². The van der Waals surface area contributed by atoms with Gasteiger partial charge in [0, 0.05) is 13.1 Å². The van der Waals surface area contributed by atoms with Gasteiger partial charge in [-0.2, -0.15) is 0 Å². The Morgan fingerprint density at radius 1 is 1.26 bits per heavy atom. The number of likely N-dealkylation sites (tertiary alicyclic amines) is 1. The van der Waals surface area contributed by atoms with Crippen molar-refractivity contribution in [2.45, 2.75) is 39.7 Å². The van der Waals surface area contributed by atoms with Gasteiger partial charge in [0.25, 0.3) is 0 Å². The molecule has 1 heterocycles. The predicted octanol–water partition coefficient (Wildman–Crippen LogP) is 2.94. The normalized spacial score (nSPS) is 23.7.